The fraction of sp³-hybridized carbons (Fsp3) is 0.0448. The average Bonchev–Trinajstić information content (AvgIpc) is 3.99. The van der Waals surface area contributed by atoms with Gasteiger partial charge in [-0.25, -0.2) is 0 Å². The number of rotatable bonds is 6. The summed E-state index contributed by atoms with van der Waals surface area (Å²) in [4.78, 5) is 4.86. The third-order valence-corrected chi connectivity index (χ3v) is 15.4. The minimum atomic E-state index is -0.323. The number of hydrogen-bond acceptors (Lipinski definition) is 4. The molecule has 334 valence electrons. The lowest BCUT2D eigenvalue weighted by atomic mass is 9.68. The molecular formula is C67H44N2O2. The Balaban J connectivity index is 0.921. The first-order chi connectivity index (χ1) is 34.9. The summed E-state index contributed by atoms with van der Waals surface area (Å²) >= 11 is 0. The minimum absolute atomic E-state index is 0.323. The van der Waals surface area contributed by atoms with Crippen molar-refractivity contribution >= 4 is 121 Å². The molecule has 0 atom stereocenters. The molecule has 0 saturated carbocycles. The largest absolute Gasteiger partial charge is 0.456 e. The van der Waals surface area contributed by atoms with E-state index in [4.69, 9.17) is 8.83 Å². The fourth-order valence-electron chi connectivity index (χ4n) is 12.0. The lowest BCUT2D eigenvalue weighted by Crippen LogP contribution is -2.24. The first-order valence-corrected chi connectivity index (χ1v) is 24.5. The SMILES string of the molecule is CC1(C)c2cc(N(c3ccc4oc5ccccc5c4c3)c3cccc4ccccc34)ccc2-c2cc3ccc(N(c4ccc5oc6ccccc6c5c4)c4cccc5ccccc45)cc3c3cccc1c23. The minimum Gasteiger partial charge on any atom is -0.456 e. The van der Waals surface area contributed by atoms with Gasteiger partial charge >= 0.3 is 0 Å². The van der Waals surface area contributed by atoms with Crippen LogP contribution >= 0.6 is 0 Å². The highest BCUT2D eigenvalue weighted by Crippen LogP contribution is 2.53. The van der Waals surface area contributed by atoms with E-state index >= 15 is 0 Å². The first-order valence-electron chi connectivity index (χ1n) is 24.5. The van der Waals surface area contributed by atoms with E-state index in [1.807, 2.05) is 18.2 Å². The summed E-state index contributed by atoms with van der Waals surface area (Å²) in [6.07, 6.45) is 0. The van der Waals surface area contributed by atoms with Crippen LogP contribution in [0, 0.1) is 0 Å². The van der Waals surface area contributed by atoms with Crippen molar-refractivity contribution in [1.29, 1.82) is 0 Å². The van der Waals surface area contributed by atoms with E-state index in [9.17, 15) is 0 Å². The molecule has 14 aromatic rings. The quantitative estimate of drug-likeness (QED) is 0.156. The zero-order valence-electron chi connectivity index (χ0n) is 39.2. The lowest BCUT2D eigenvalue weighted by molar-refractivity contribution is 0.645. The molecule has 0 fully saturated rings. The van der Waals surface area contributed by atoms with Crippen LogP contribution in [0.4, 0.5) is 34.1 Å². The van der Waals surface area contributed by atoms with Crippen LogP contribution in [0.25, 0.3) is 98.1 Å². The maximum atomic E-state index is 6.34. The van der Waals surface area contributed by atoms with Crippen LogP contribution in [0.15, 0.2) is 239 Å². The Morgan fingerprint density at radius 1 is 0.296 bits per heavy atom. The second kappa shape index (κ2) is 14.9. The maximum Gasteiger partial charge on any atom is 0.135 e. The van der Waals surface area contributed by atoms with E-state index in [1.54, 1.807) is 0 Å². The highest BCUT2D eigenvalue weighted by Gasteiger charge is 2.35. The van der Waals surface area contributed by atoms with Gasteiger partial charge in [-0.3, -0.25) is 0 Å². The van der Waals surface area contributed by atoms with E-state index in [-0.39, 0.29) is 5.41 Å². The van der Waals surface area contributed by atoms with Crippen molar-refractivity contribution in [1.82, 2.24) is 0 Å². The third-order valence-electron chi connectivity index (χ3n) is 15.4. The summed E-state index contributed by atoms with van der Waals surface area (Å²) in [6, 6.07) is 84.0. The Bertz CT molecular complexity index is 4520. The van der Waals surface area contributed by atoms with Gasteiger partial charge in [0, 0.05) is 60.5 Å². The summed E-state index contributed by atoms with van der Waals surface area (Å²) < 4.78 is 12.7. The van der Waals surface area contributed by atoms with Gasteiger partial charge in [0.15, 0.2) is 0 Å². The molecule has 0 N–H and O–H groups in total. The van der Waals surface area contributed by atoms with Gasteiger partial charge in [0.1, 0.15) is 22.3 Å². The Labute approximate surface area is 409 Å². The maximum absolute atomic E-state index is 6.34. The van der Waals surface area contributed by atoms with Crippen LogP contribution in [-0.2, 0) is 5.41 Å². The Kier molecular flexibility index (Phi) is 8.38. The topological polar surface area (TPSA) is 32.8 Å². The van der Waals surface area contributed by atoms with Crippen LogP contribution in [0.2, 0.25) is 0 Å². The standard InChI is InChI=1S/C67H44N2O2/c1-67(2)58-23-13-22-53-54-37-44(68(60-24-11-16-41-14-3-5-18-48(41)60)45-31-34-64-55(38-45)51-20-7-9-26-62(51)70-64)29-28-43(54)36-57(66(53)58)50-33-30-47(40-59(50)67)69(61-25-12-17-42-15-4-6-19-49(42)61)46-32-35-65-56(39-46)52-21-8-10-27-63(52)71-65/h3-40H,1-2H3. The first kappa shape index (κ1) is 39.8. The molecular weight excluding hydrogens is 865 g/mol. The van der Waals surface area contributed by atoms with Gasteiger partial charge in [0.25, 0.3) is 0 Å². The highest BCUT2D eigenvalue weighted by atomic mass is 16.3. The number of fused-ring (bicyclic) bond motifs is 12. The van der Waals surface area contributed by atoms with Crippen molar-refractivity contribution in [2.24, 2.45) is 0 Å². The van der Waals surface area contributed by atoms with Crippen molar-refractivity contribution in [3.63, 3.8) is 0 Å². The van der Waals surface area contributed by atoms with Gasteiger partial charge < -0.3 is 18.6 Å². The zero-order valence-corrected chi connectivity index (χ0v) is 39.2. The Hall–Kier alpha value is -9.12. The third kappa shape index (κ3) is 5.92. The second-order valence-corrected chi connectivity index (χ2v) is 19.6. The van der Waals surface area contributed by atoms with E-state index in [0.717, 1.165) is 78.0 Å². The molecule has 4 heteroatoms. The summed E-state index contributed by atoms with van der Waals surface area (Å²) in [5.41, 5.74) is 15.0. The van der Waals surface area contributed by atoms with E-state index < -0.39 is 0 Å². The molecule has 15 rings (SSSR count). The fourth-order valence-corrected chi connectivity index (χ4v) is 12.0. The smallest absolute Gasteiger partial charge is 0.135 e. The molecule has 4 nitrogen and oxygen atoms in total. The van der Waals surface area contributed by atoms with Crippen LogP contribution < -0.4 is 9.80 Å². The second-order valence-electron chi connectivity index (χ2n) is 19.6. The molecule has 0 unspecified atom stereocenters. The van der Waals surface area contributed by atoms with Gasteiger partial charge in [-0.2, -0.15) is 0 Å². The molecule has 0 aliphatic heterocycles. The molecule has 0 amide bonds. The summed E-state index contributed by atoms with van der Waals surface area (Å²) in [5.74, 6) is 0. The van der Waals surface area contributed by atoms with Crippen LogP contribution in [-0.4, -0.2) is 0 Å². The van der Waals surface area contributed by atoms with Crippen LogP contribution in [0.3, 0.4) is 0 Å². The average molecular weight is 909 g/mol. The van der Waals surface area contributed by atoms with Crippen LogP contribution in [0.5, 0.6) is 0 Å². The normalized spacial score (nSPS) is 13.0. The number of benzene rings is 12. The summed E-state index contributed by atoms with van der Waals surface area (Å²) in [5, 5.41) is 14.2. The number of anilines is 6. The number of furan rings is 2. The van der Waals surface area contributed by atoms with Gasteiger partial charge in [-0.15, -0.1) is 0 Å². The number of hydrogen-bond donors (Lipinski definition) is 0. The van der Waals surface area contributed by atoms with Crippen molar-refractivity contribution in [3.05, 3.63) is 242 Å². The molecule has 1 aliphatic carbocycles. The van der Waals surface area contributed by atoms with Crippen molar-refractivity contribution in [2.45, 2.75) is 19.3 Å². The predicted molar refractivity (Wildman–Crippen MR) is 298 cm³/mol. The highest BCUT2D eigenvalue weighted by molar-refractivity contribution is 6.18. The molecule has 12 aromatic carbocycles. The molecule has 1 aliphatic rings. The summed E-state index contributed by atoms with van der Waals surface area (Å²) in [6.45, 7) is 4.80. The molecule has 71 heavy (non-hydrogen) atoms. The lowest BCUT2D eigenvalue weighted by Gasteiger charge is -2.37. The number of para-hydroxylation sites is 2. The Morgan fingerprint density at radius 2 is 0.746 bits per heavy atom. The van der Waals surface area contributed by atoms with E-state index in [0.29, 0.717) is 0 Å². The number of nitrogens with zero attached hydrogens (tertiary/aromatic N) is 2. The van der Waals surface area contributed by atoms with Gasteiger partial charge in [0.05, 0.1) is 11.4 Å². The zero-order chi connectivity index (χ0) is 47.0. The van der Waals surface area contributed by atoms with Crippen molar-refractivity contribution in [3.8, 4) is 11.1 Å². The van der Waals surface area contributed by atoms with Gasteiger partial charge in [0.2, 0.25) is 0 Å². The predicted octanol–water partition coefficient (Wildman–Crippen LogP) is 19.3. The molecule has 0 saturated heterocycles. The van der Waals surface area contributed by atoms with Crippen molar-refractivity contribution in [2.75, 3.05) is 9.80 Å². The molecule has 2 heterocycles. The molecule has 0 spiro atoms. The van der Waals surface area contributed by atoms with Gasteiger partial charge in [-0.05, 0) is 146 Å². The van der Waals surface area contributed by atoms with E-state index in [2.05, 4.69) is 236 Å². The monoisotopic (exact) mass is 908 g/mol. The van der Waals surface area contributed by atoms with Crippen molar-refractivity contribution < 1.29 is 8.83 Å². The Morgan fingerprint density at radius 3 is 1.35 bits per heavy atom. The summed E-state index contributed by atoms with van der Waals surface area (Å²) in [7, 11) is 0. The van der Waals surface area contributed by atoms with Crippen LogP contribution in [0.1, 0.15) is 25.0 Å². The van der Waals surface area contributed by atoms with Gasteiger partial charge in [-0.1, -0.05) is 153 Å². The molecule has 2 aromatic heterocycles. The molecule has 0 bridgehead atoms. The van der Waals surface area contributed by atoms with E-state index in [1.165, 1.54) is 65.3 Å². The molecule has 0 radical (unpaired) electrons.